The van der Waals surface area contributed by atoms with Gasteiger partial charge in [0.15, 0.2) is 5.13 Å². The Morgan fingerprint density at radius 2 is 2.11 bits per heavy atom. The largest absolute Gasteiger partial charge is 0.471 e. The first-order valence-corrected chi connectivity index (χ1v) is 5.52. The standard InChI is InChI=1S/C9H4F3N3O3S/c10-9(11,12)7(16)14-8-13-5-2-1-4(15(17)18)3-6(5)19-8/h1-3H,(H,13,14,16). The van der Waals surface area contributed by atoms with Crippen molar-refractivity contribution in [2.24, 2.45) is 0 Å². The average molecular weight is 291 g/mol. The van der Waals surface area contributed by atoms with Gasteiger partial charge in [-0.15, -0.1) is 0 Å². The molecular weight excluding hydrogens is 287 g/mol. The van der Waals surface area contributed by atoms with Crippen molar-refractivity contribution < 1.29 is 22.9 Å². The molecule has 1 aromatic carbocycles. The van der Waals surface area contributed by atoms with E-state index in [1.165, 1.54) is 18.2 Å². The van der Waals surface area contributed by atoms with E-state index in [2.05, 4.69) is 4.98 Å². The van der Waals surface area contributed by atoms with E-state index in [0.29, 0.717) is 4.70 Å². The predicted molar refractivity (Wildman–Crippen MR) is 61.0 cm³/mol. The van der Waals surface area contributed by atoms with E-state index < -0.39 is 17.0 Å². The second-order valence-corrected chi connectivity index (χ2v) is 4.41. The zero-order valence-corrected chi connectivity index (χ0v) is 9.71. The predicted octanol–water partition coefficient (Wildman–Crippen LogP) is 2.71. The van der Waals surface area contributed by atoms with Crippen LogP contribution in [0.3, 0.4) is 0 Å². The van der Waals surface area contributed by atoms with Crippen LogP contribution in [0, 0.1) is 10.1 Å². The summed E-state index contributed by atoms with van der Waals surface area (Å²) in [5.74, 6) is -2.14. The topological polar surface area (TPSA) is 85.1 Å². The minimum Gasteiger partial charge on any atom is -0.294 e. The number of benzene rings is 1. The Kier molecular flexibility index (Phi) is 3.10. The second kappa shape index (κ2) is 4.46. The lowest BCUT2D eigenvalue weighted by atomic mass is 10.3. The van der Waals surface area contributed by atoms with Crippen LogP contribution in [-0.2, 0) is 4.79 Å². The molecule has 0 radical (unpaired) electrons. The molecule has 0 aliphatic heterocycles. The first kappa shape index (κ1) is 13.2. The van der Waals surface area contributed by atoms with Gasteiger partial charge >= 0.3 is 12.1 Å². The van der Waals surface area contributed by atoms with Gasteiger partial charge in [-0.25, -0.2) is 4.98 Å². The molecule has 1 amide bonds. The summed E-state index contributed by atoms with van der Waals surface area (Å²) in [5, 5.41) is 11.9. The van der Waals surface area contributed by atoms with Crippen molar-refractivity contribution in [2.45, 2.75) is 6.18 Å². The number of alkyl halides is 3. The normalized spacial score (nSPS) is 11.5. The molecule has 0 spiro atoms. The van der Waals surface area contributed by atoms with E-state index in [-0.39, 0.29) is 16.3 Å². The quantitative estimate of drug-likeness (QED) is 0.681. The molecule has 1 N–H and O–H groups in total. The first-order chi connectivity index (χ1) is 8.77. The molecule has 0 saturated heterocycles. The number of hydrogen-bond acceptors (Lipinski definition) is 5. The van der Waals surface area contributed by atoms with Crippen molar-refractivity contribution in [1.82, 2.24) is 4.98 Å². The summed E-state index contributed by atoms with van der Waals surface area (Å²) >= 11 is 0.726. The minimum absolute atomic E-state index is 0.204. The van der Waals surface area contributed by atoms with Gasteiger partial charge in [0.2, 0.25) is 0 Å². The van der Waals surface area contributed by atoms with Crippen molar-refractivity contribution >= 4 is 38.3 Å². The fourth-order valence-electron chi connectivity index (χ4n) is 1.25. The molecule has 0 bridgehead atoms. The molecule has 6 nitrogen and oxygen atoms in total. The lowest BCUT2D eigenvalue weighted by Crippen LogP contribution is -2.29. The summed E-state index contributed by atoms with van der Waals surface area (Å²) in [7, 11) is 0. The maximum atomic E-state index is 12.0. The number of thiazole rings is 1. The SMILES string of the molecule is O=C(Nc1nc2ccc([N+](=O)[O-])cc2s1)C(F)(F)F. The third kappa shape index (κ3) is 2.78. The molecule has 0 atom stereocenters. The Morgan fingerprint density at radius 1 is 1.42 bits per heavy atom. The number of aromatic nitrogens is 1. The molecule has 0 fully saturated rings. The van der Waals surface area contributed by atoms with Crippen LogP contribution >= 0.6 is 11.3 Å². The summed E-state index contributed by atoms with van der Waals surface area (Å²) in [4.78, 5) is 24.3. The second-order valence-electron chi connectivity index (χ2n) is 3.38. The van der Waals surface area contributed by atoms with Gasteiger partial charge in [-0.05, 0) is 6.07 Å². The smallest absolute Gasteiger partial charge is 0.294 e. The maximum Gasteiger partial charge on any atom is 0.471 e. The summed E-state index contributed by atoms with van der Waals surface area (Å²) in [6.45, 7) is 0. The molecule has 10 heteroatoms. The maximum absolute atomic E-state index is 12.0. The van der Waals surface area contributed by atoms with E-state index >= 15 is 0 Å². The molecule has 0 unspecified atom stereocenters. The molecule has 1 heterocycles. The Bertz CT molecular complexity index is 668. The van der Waals surface area contributed by atoms with Crippen LogP contribution in [0.5, 0.6) is 0 Å². The van der Waals surface area contributed by atoms with Gasteiger partial charge in [-0.2, -0.15) is 13.2 Å². The van der Waals surface area contributed by atoms with E-state index in [1.807, 2.05) is 0 Å². The number of hydrogen-bond donors (Lipinski definition) is 1. The van der Waals surface area contributed by atoms with Crippen molar-refractivity contribution in [3.8, 4) is 0 Å². The lowest BCUT2D eigenvalue weighted by molar-refractivity contribution is -0.384. The number of amides is 1. The number of carbonyl (C=O) groups excluding carboxylic acids is 1. The monoisotopic (exact) mass is 291 g/mol. The molecule has 2 aromatic rings. The lowest BCUT2D eigenvalue weighted by Gasteiger charge is -2.03. The highest BCUT2D eigenvalue weighted by atomic mass is 32.1. The van der Waals surface area contributed by atoms with Gasteiger partial charge < -0.3 is 0 Å². The highest BCUT2D eigenvalue weighted by Crippen LogP contribution is 2.30. The summed E-state index contributed by atoms with van der Waals surface area (Å²) < 4.78 is 36.4. The highest BCUT2D eigenvalue weighted by Gasteiger charge is 2.39. The van der Waals surface area contributed by atoms with Crippen LogP contribution in [0.15, 0.2) is 18.2 Å². The van der Waals surface area contributed by atoms with E-state index in [4.69, 9.17) is 0 Å². The highest BCUT2D eigenvalue weighted by molar-refractivity contribution is 7.22. The molecular formula is C9H4F3N3O3S. The number of rotatable bonds is 2. The van der Waals surface area contributed by atoms with Crippen molar-refractivity contribution in [1.29, 1.82) is 0 Å². The minimum atomic E-state index is -5.01. The van der Waals surface area contributed by atoms with Crippen molar-refractivity contribution in [2.75, 3.05) is 5.32 Å². The molecule has 100 valence electrons. The zero-order chi connectivity index (χ0) is 14.2. The summed E-state index contributed by atoms with van der Waals surface area (Å²) in [6, 6.07) is 3.65. The molecule has 1 aromatic heterocycles. The number of nitro benzene ring substituents is 1. The van der Waals surface area contributed by atoms with E-state index in [0.717, 1.165) is 11.3 Å². The van der Waals surface area contributed by atoms with Gasteiger partial charge in [0.25, 0.3) is 5.69 Å². The molecule has 0 saturated carbocycles. The third-order valence-electron chi connectivity index (χ3n) is 2.06. The van der Waals surface area contributed by atoms with Crippen molar-refractivity contribution in [3.05, 3.63) is 28.3 Å². The molecule has 19 heavy (non-hydrogen) atoms. The van der Waals surface area contributed by atoms with Crippen LogP contribution in [-0.4, -0.2) is 22.0 Å². The molecule has 0 aliphatic rings. The number of carbonyl (C=O) groups is 1. The summed E-state index contributed by atoms with van der Waals surface area (Å²) in [5.41, 5.74) is 0.0675. The zero-order valence-electron chi connectivity index (χ0n) is 8.89. The Morgan fingerprint density at radius 3 is 2.68 bits per heavy atom. The number of anilines is 1. The summed E-state index contributed by atoms with van der Waals surface area (Å²) in [6.07, 6.45) is -5.01. The van der Waals surface area contributed by atoms with Gasteiger partial charge in [0, 0.05) is 12.1 Å². The van der Waals surface area contributed by atoms with E-state index in [1.54, 1.807) is 5.32 Å². The van der Waals surface area contributed by atoms with Gasteiger partial charge in [-0.1, -0.05) is 11.3 Å². The van der Waals surface area contributed by atoms with Crippen LogP contribution < -0.4 is 5.32 Å². The van der Waals surface area contributed by atoms with Gasteiger partial charge in [0.05, 0.1) is 15.1 Å². The number of non-ortho nitro benzene ring substituents is 1. The number of fused-ring (bicyclic) bond motifs is 1. The van der Waals surface area contributed by atoms with Gasteiger partial charge in [0.1, 0.15) is 0 Å². The first-order valence-electron chi connectivity index (χ1n) is 4.70. The fourth-order valence-corrected chi connectivity index (χ4v) is 2.14. The average Bonchev–Trinajstić information content (AvgIpc) is 2.68. The Labute approximate surface area is 107 Å². The number of halogens is 3. The van der Waals surface area contributed by atoms with E-state index in [9.17, 15) is 28.1 Å². The number of nitrogens with one attached hydrogen (secondary N) is 1. The third-order valence-corrected chi connectivity index (χ3v) is 2.99. The number of nitro groups is 1. The Balaban J connectivity index is 2.32. The molecule has 2 rings (SSSR count). The van der Waals surface area contributed by atoms with Crippen LogP contribution in [0.25, 0.3) is 10.2 Å². The van der Waals surface area contributed by atoms with Crippen molar-refractivity contribution in [3.63, 3.8) is 0 Å². The van der Waals surface area contributed by atoms with Crippen LogP contribution in [0.1, 0.15) is 0 Å². The fraction of sp³-hybridized carbons (Fsp3) is 0.111. The Hall–Kier alpha value is -2.23. The number of nitrogens with zero attached hydrogens (tertiary/aromatic N) is 2. The van der Waals surface area contributed by atoms with Crippen LogP contribution in [0.4, 0.5) is 24.0 Å². The molecule has 0 aliphatic carbocycles. The van der Waals surface area contributed by atoms with Crippen LogP contribution in [0.2, 0.25) is 0 Å². The van der Waals surface area contributed by atoms with Gasteiger partial charge in [-0.3, -0.25) is 20.2 Å².